The SMILES string of the molecule is C[C@@H](NC(=O)c1cncc(N2CCN(C(=O)OC(C)(C)C)CC2)c1)c1ccc(C(=C2CC3(C2)CN(C)C3)c2ccc(F)cc2)cc1. The number of carbonyl (C=O) groups excluding carboxylic acids is 2. The van der Waals surface area contributed by atoms with Gasteiger partial charge in [-0.15, -0.1) is 0 Å². The number of piperazine rings is 1. The van der Waals surface area contributed by atoms with E-state index in [2.05, 4.69) is 51.4 Å². The Hall–Kier alpha value is -4.24. The van der Waals surface area contributed by atoms with Gasteiger partial charge < -0.3 is 24.8 Å². The first-order valence-corrected chi connectivity index (χ1v) is 16.1. The maximum Gasteiger partial charge on any atom is 0.410 e. The van der Waals surface area contributed by atoms with Crippen LogP contribution in [-0.2, 0) is 4.74 Å². The second-order valence-corrected chi connectivity index (χ2v) is 14.2. The molecule has 1 aromatic heterocycles. The highest BCUT2D eigenvalue weighted by molar-refractivity contribution is 5.95. The number of hydrogen-bond acceptors (Lipinski definition) is 6. The van der Waals surface area contributed by atoms with Crippen LogP contribution in [0.2, 0.25) is 0 Å². The summed E-state index contributed by atoms with van der Waals surface area (Å²) in [6, 6.07) is 16.8. The Morgan fingerprint density at radius 1 is 0.913 bits per heavy atom. The summed E-state index contributed by atoms with van der Waals surface area (Å²) in [5, 5.41) is 3.12. The zero-order valence-corrected chi connectivity index (χ0v) is 27.5. The molecule has 3 aliphatic rings. The summed E-state index contributed by atoms with van der Waals surface area (Å²) in [7, 11) is 2.16. The monoisotopic (exact) mass is 625 g/mol. The Morgan fingerprint density at radius 3 is 2.11 bits per heavy atom. The Bertz CT molecular complexity index is 1610. The number of anilines is 1. The van der Waals surface area contributed by atoms with Crippen molar-refractivity contribution in [2.75, 3.05) is 51.2 Å². The van der Waals surface area contributed by atoms with E-state index in [4.69, 9.17) is 4.74 Å². The van der Waals surface area contributed by atoms with Gasteiger partial charge in [-0.05, 0) is 88.0 Å². The normalized spacial score (nSPS) is 18.4. The maximum absolute atomic E-state index is 13.8. The number of amides is 2. The molecule has 3 fully saturated rings. The molecule has 0 bridgehead atoms. The van der Waals surface area contributed by atoms with Gasteiger partial charge in [0, 0.05) is 50.9 Å². The molecule has 1 spiro atoms. The lowest BCUT2D eigenvalue weighted by Crippen LogP contribution is -2.58. The third-order valence-electron chi connectivity index (χ3n) is 9.20. The van der Waals surface area contributed by atoms with Gasteiger partial charge in [0.1, 0.15) is 11.4 Å². The van der Waals surface area contributed by atoms with Crippen molar-refractivity contribution < 1.29 is 18.7 Å². The summed E-state index contributed by atoms with van der Waals surface area (Å²) < 4.78 is 19.3. The number of benzene rings is 2. The van der Waals surface area contributed by atoms with Crippen LogP contribution in [-0.4, -0.2) is 78.7 Å². The average molecular weight is 626 g/mol. The van der Waals surface area contributed by atoms with Crippen molar-refractivity contribution in [3.05, 3.63) is 101 Å². The molecule has 1 aliphatic carbocycles. The van der Waals surface area contributed by atoms with Crippen molar-refractivity contribution in [1.82, 2.24) is 20.1 Å². The van der Waals surface area contributed by atoms with E-state index >= 15 is 0 Å². The molecule has 0 unspecified atom stereocenters. The third kappa shape index (κ3) is 6.94. The van der Waals surface area contributed by atoms with E-state index in [0.717, 1.165) is 48.3 Å². The first-order valence-electron chi connectivity index (χ1n) is 16.1. The van der Waals surface area contributed by atoms with Gasteiger partial charge in [0.05, 0.1) is 23.5 Å². The quantitative estimate of drug-likeness (QED) is 0.347. The predicted molar refractivity (Wildman–Crippen MR) is 178 cm³/mol. The third-order valence-corrected chi connectivity index (χ3v) is 9.20. The van der Waals surface area contributed by atoms with Crippen LogP contribution < -0.4 is 10.2 Å². The molecular weight excluding hydrogens is 581 g/mol. The molecule has 1 N–H and O–H groups in total. The van der Waals surface area contributed by atoms with Crippen LogP contribution in [0.15, 0.2) is 72.6 Å². The van der Waals surface area contributed by atoms with Gasteiger partial charge >= 0.3 is 6.09 Å². The molecular formula is C37H44FN5O3. The molecule has 242 valence electrons. The summed E-state index contributed by atoms with van der Waals surface area (Å²) in [5.74, 6) is -0.433. The lowest BCUT2D eigenvalue weighted by atomic mass is 9.59. The number of ether oxygens (including phenoxy) is 1. The molecule has 9 heteroatoms. The van der Waals surface area contributed by atoms with E-state index in [1.54, 1.807) is 17.3 Å². The summed E-state index contributed by atoms with van der Waals surface area (Å²) >= 11 is 0. The first kappa shape index (κ1) is 31.7. The van der Waals surface area contributed by atoms with Crippen molar-refractivity contribution >= 4 is 23.3 Å². The molecule has 2 saturated heterocycles. The van der Waals surface area contributed by atoms with Gasteiger partial charge in [-0.3, -0.25) is 9.78 Å². The second kappa shape index (κ2) is 12.5. The molecule has 3 aromatic rings. The number of rotatable bonds is 6. The first-order chi connectivity index (χ1) is 21.9. The van der Waals surface area contributed by atoms with Gasteiger partial charge in [0.15, 0.2) is 0 Å². The Kier molecular flexibility index (Phi) is 8.63. The highest BCUT2D eigenvalue weighted by atomic mass is 19.1. The van der Waals surface area contributed by atoms with Gasteiger partial charge in [-0.2, -0.15) is 0 Å². The summed E-state index contributed by atoms with van der Waals surface area (Å²) in [6.45, 7) is 12.2. The van der Waals surface area contributed by atoms with E-state index in [1.165, 1.54) is 23.3 Å². The van der Waals surface area contributed by atoms with Crippen LogP contribution in [0.1, 0.15) is 73.6 Å². The molecule has 2 amide bonds. The lowest BCUT2D eigenvalue weighted by Gasteiger charge is -2.56. The maximum atomic E-state index is 13.8. The molecule has 1 saturated carbocycles. The number of nitrogens with zero attached hydrogens (tertiary/aromatic N) is 4. The zero-order valence-electron chi connectivity index (χ0n) is 27.5. The smallest absolute Gasteiger partial charge is 0.410 e. The van der Waals surface area contributed by atoms with E-state index in [-0.39, 0.29) is 23.9 Å². The number of halogens is 1. The van der Waals surface area contributed by atoms with E-state index in [1.807, 2.05) is 45.9 Å². The Labute approximate surface area is 271 Å². The van der Waals surface area contributed by atoms with Crippen molar-refractivity contribution in [2.24, 2.45) is 5.41 Å². The van der Waals surface area contributed by atoms with Crippen molar-refractivity contribution in [3.8, 4) is 0 Å². The summed E-state index contributed by atoms with van der Waals surface area (Å²) in [6.07, 6.45) is 5.18. The second-order valence-electron chi connectivity index (χ2n) is 14.2. The number of nitrogens with one attached hydrogen (secondary N) is 1. The topological polar surface area (TPSA) is 78.0 Å². The molecule has 8 nitrogen and oxygen atoms in total. The summed E-state index contributed by atoms with van der Waals surface area (Å²) in [5.41, 5.74) is 6.95. The fourth-order valence-electron chi connectivity index (χ4n) is 7.04. The highest BCUT2D eigenvalue weighted by Gasteiger charge is 2.49. The number of aromatic nitrogens is 1. The van der Waals surface area contributed by atoms with Gasteiger partial charge in [-0.1, -0.05) is 42.0 Å². The Balaban J connectivity index is 1.10. The Morgan fingerprint density at radius 2 is 1.52 bits per heavy atom. The fourth-order valence-corrected chi connectivity index (χ4v) is 7.04. The number of pyridine rings is 1. The van der Waals surface area contributed by atoms with Crippen LogP contribution in [0.5, 0.6) is 0 Å². The molecule has 2 aromatic carbocycles. The van der Waals surface area contributed by atoms with Gasteiger partial charge in [0.2, 0.25) is 0 Å². The van der Waals surface area contributed by atoms with Crippen molar-refractivity contribution in [2.45, 2.75) is 52.2 Å². The molecule has 46 heavy (non-hydrogen) atoms. The number of carbonyl (C=O) groups is 2. The number of likely N-dealkylation sites (tertiary alicyclic amines) is 1. The van der Waals surface area contributed by atoms with E-state index in [0.29, 0.717) is 37.2 Å². The fraction of sp³-hybridized carbons (Fsp3) is 0.432. The molecule has 3 heterocycles. The van der Waals surface area contributed by atoms with Crippen LogP contribution in [0.4, 0.5) is 14.9 Å². The highest BCUT2D eigenvalue weighted by Crippen LogP contribution is 2.54. The van der Waals surface area contributed by atoms with Crippen LogP contribution in [0.3, 0.4) is 0 Å². The van der Waals surface area contributed by atoms with E-state index in [9.17, 15) is 14.0 Å². The largest absolute Gasteiger partial charge is 0.444 e. The molecule has 6 rings (SSSR count). The summed E-state index contributed by atoms with van der Waals surface area (Å²) in [4.78, 5) is 36.3. The standard InChI is InChI=1S/C37H44FN5O3/c1-25(40-34(44)29-18-32(22-39-21-29)42-14-16-43(17-15-42)35(45)46-36(2,3)4)26-6-8-27(9-7-26)33(28-10-12-31(38)13-11-28)30-19-37(20-30)23-41(5)24-37/h6-13,18,21-22,25H,14-17,19-20,23-24H2,1-5H3,(H,40,44)/t25-/m1/s1. The minimum Gasteiger partial charge on any atom is -0.444 e. The lowest BCUT2D eigenvalue weighted by molar-refractivity contribution is -0.0106. The minimum atomic E-state index is -0.531. The molecule has 2 aliphatic heterocycles. The van der Waals surface area contributed by atoms with Gasteiger partial charge in [-0.25, -0.2) is 9.18 Å². The minimum absolute atomic E-state index is 0.197. The van der Waals surface area contributed by atoms with Crippen molar-refractivity contribution in [1.29, 1.82) is 0 Å². The number of allylic oxidation sites excluding steroid dienone is 1. The molecule has 0 radical (unpaired) electrons. The predicted octanol–water partition coefficient (Wildman–Crippen LogP) is 6.30. The van der Waals surface area contributed by atoms with Crippen molar-refractivity contribution in [3.63, 3.8) is 0 Å². The van der Waals surface area contributed by atoms with E-state index < -0.39 is 5.60 Å². The van der Waals surface area contributed by atoms with Gasteiger partial charge in [0.25, 0.3) is 5.91 Å². The number of hydrogen-bond donors (Lipinski definition) is 1. The van der Waals surface area contributed by atoms with Crippen LogP contribution in [0, 0.1) is 11.2 Å². The molecule has 1 atom stereocenters. The zero-order chi connectivity index (χ0) is 32.6. The van der Waals surface area contributed by atoms with Crippen LogP contribution in [0.25, 0.3) is 5.57 Å². The van der Waals surface area contributed by atoms with Crippen LogP contribution >= 0.6 is 0 Å². The average Bonchev–Trinajstić information content (AvgIpc) is 2.99.